The van der Waals surface area contributed by atoms with E-state index in [1.54, 1.807) is 0 Å². The Morgan fingerprint density at radius 3 is 2.94 bits per heavy atom. The van der Waals surface area contributed by atoms with E-state index in [4.69, 9.17) is 4.74 Å². The number of nitrogens with zero attached hydrogens (tertiary/aromatic N) is 1. The fourth-order valence-electron chi connectivity index (χ4n) is 2.06. The van der Waals surface area contributed by atoms with Gasteiger partial charge in [0, 0.05) is 12.2 Å². The molecule has 1 fully saturated rings. The SMILES string of the molecule is Cc1ccc(NC(=O)[C@H]2NCCO[C@@H]2C)c(C)n1. The van der Waals surface area contributed by atoms with E-state index in [9.17, 15) is 4.79 Å². The molecule has 1 aliphatic rings. The van der Waals surface area contributed by atoms with Crippen LogP contribution in [0, 0.1) is 13.8 Å². The van der Waals surface area contributed by atoms with Crippen molar-refractivity contribution in [2.24, 2.45) is 0 Å². The maximum atomic E-state index is 12.1. The Kier molecular flexibility index (Phi) is 3.93. The third-order valence-electron chi connectivity index (χ3n) is 3.08. The number of anilines is 1. The summed E-state index contributed by atoms with van der Waals surface area (Å²) in [5.74, 6) is -0.0732. The number of hydrogen-bond acceptors (Lipinski definition) is 4. The van der Waals surface area contributed by atoms with Crippen molar-refractivity contribution >= 4 is 11.6 Å². The number of carbonyl (C=O) groups excluding carboxylic acids is 1. The number of nitrogens with one attached hydrogen (secondary N) is 2. The summed E-state index contributed by atoms with van der Waals surface area (Å²) in [6.45, 7) is 7.06. The molecule has 1 aromatic rings. The lowest BCUT2D eigenvalue weighted by Gasteiger charge is -2.29. The lowest BCUT2D eigenvalue weighted by molar-refractivity contribution is -0.123. The van der Waals surface area contributed by atoms with Crippen LogP contribution in [0.2, 0.25) is 0 Å². The molecule has 1 saturated heterocycles. The molecule has 5 nitrogen and oxygen atoms in total. The Balaban J connectivity index is 2.06. The number of morpholine rings is 1. The third-order valence-corrected chi connectivity index (χ3v) is 3.08. The third kappa shape index (κ3) is 2.86. The maximum Gasteiger partial charge on any atom is 0.244 e. The van der Waals surface area contributed by atoms with Gasteiger partial charge in [-0.05, 0) is 32.9 Å². The first-order chi connectivity index (χ1) is 8.58. The van der Waals surface area contributed by atoms with E-state index in [0.29, 0.717) is 13.2 Å². The van der Waals surface area contributed by atoms with E-state index < -0.39 is 0 Å². The molecule has 0 aromatic carbocycles. The summed E-state index contributed by atoms with van der Waals surface area (Å²) >= 11 is 0. The van der Waals surface area contributed by atoms with Crippen LogP contribution >= 0.6 is 0 Å². The van der Waals surface area contributed by atoms with Crippen molar-refractivity contribution in [3.05, 3.63) is 23.5 Å². The predicted octanol–water partition coefficient (Wildman–Crippen LogP) is 1.01. The van der Waals surface area contributed by atoms with Crippen LogP contribution in [0.5, 0.6) is 0 Å². The maximum absolute atomic E-state index is 12.1. The highest BCUT2D eigenvalue weighted by Gasteiger charge is 2.28. The van der Waals surface area contributed by atoms with Gasteiger partial charge < -0.3 is 15.4 Å². The highest BCUT2D eigenvalue weighted by atomic mass is 16.5. The molecule has 98 valence electrons. The van der Waals surface area contributed by atoms with Gasteiger partial charge in [-0.2, -0.15) is 0 Å². The Bertz CT molecular complexity index is 448. The molecule has 5 heteroatoms. The van der Waals surface area contributed by atoms with Gasteiger partial charge in [0.15, 0.2) is 0 Å². The van der Waals surface area contributed by atoms with E-state index in [0.717, 1.165) is 17.1 Å². The van der Waals surface area contributed by atoms with Crippen molar-refractivity contribution in [3.8, 4) is 0 Å². The van der Waals surface area contributed by atoms with Crippen LogP contribution in [0.15, 0.2) is 12.1 Å². The number of rotatable bonds is 2. The van der Waals surface area contributed by atoms with Gasteiger partial charge in [-0.1, -0.05) is 0 Å². The molecular formula is C13H19N3O2. The molecule has 0 saturated carbocycles. The monoisotopic (exact) mass is 249 g/mol. The molecule has 0 aliphatic carbocycles. The Labute approximate surface area is 107 Å². The average Bonchev–Trinajstić information content (AvgIpc) is 2.33. The molecule has 0 radical (unpaired) electrons. The molecule has 18 heavy (non-hydrogen) atoms. The van der Waals surface area contributed by atoms with E-state index in [1.807, 2.05) is 32.9 Å². The highest BCUT2D eigenvalue weighted by Crippen LogP contribution is 2.14. The van der Waals surface area contributed by atoms with Gasteiger partial charge in [0.25, 0.3) is 0 Å². The van der Waals surface area contributed by atoms with Gasteiger partial charge in [0.1, 0.15) is 6.04 Å². The number of aryl methyl sites for hydroxylation is 2. The summed E-state index contributed by atoms with van der Waals surface area (Å²) in [5.41, 5.74) is 2.52. The highest BCUT2D eigenvalue weighted by molar-refractivity contribution is 5.95. The van der Waals surface area contributed by atoms with Crippen LogP contribution in [-0.2, 0) is 9.53 Å². The summed E-state index contributed by atoms with van der Waals surface area (Å²) in [5, 5.41) is 6.06. The first-order valence-electron chi connectivity index (χ1n) is 6.18. The van der Waals surface area contributed by atoms with Gasteiger partial charge in [-0.15, -0.1) is 0 Å². The number of aromatic nitrogens is 1. The number of amides is 1. The van der Waals surface area contributed by atoms with E-state index >= 15 is 0 Å². The molecule has 1 aliphatic heterocycles. The Morgan fingerprint density at radius 2 is 2.28 bits per heavy atom. The van der Waals surface area contributed by atoms with Crippen molar-refractivity contribution in [2.75, 3.05) is 18.5 Å². The van der Waals surface area contributed by atoms with E-state index in [-0.39, 0.29) is 18.1 Å². The second kappa shape index (κ2) is 5.46. The van der Waals surface area contributed by atoms with Crippen LogP contribution in [0.25, 0.3) is 0 Å². The van der Waals surface area contributed by atoms with E-state index in [2.05, 4.69) is 15.6 Å². The fraction of sp³-hybridized carbons (Fsp3) is 0.538. The topological polar surface area (TPSA) is 63.2 Å². The van der Waals surface area contributed by atoms with Crippen molar-refractivity contribution in [1.82, 2.24) is 10.3 Å². The minimum Gasteiger partial charge on any atom is -0.375 e. The zero-order chi connectivity index (χ0) is 13.1. The molecule has 0 bridgehead atoms. The minimum absolute atomic E-state index is 0.0732. The first-order valence-corrected chi connectivity index (χ1v) is 6.18. The lowest BCUT2D eigenvalue weighted by atomic mass is 10.1. The largest absolute Gasteiger partial charge is 0.375 e. The summed E-state index contributed by atoms with van der Waals surface area (Å²) < 4.78 is 5.46. The lowest BCUT2D eigenvalue weighted by Crippen LogP contribution is -2.53. The molecule has 2 rings (SSSR count). The molecule has 0 spiro atoms. The summed E-state index contributed by atoms with van der Waals surface area (Å²) in [6, 6.07) is 3.46. The molecule has 1 aromatic heterocycles. The molecule has 1 amide bonds. The first kappa shape index (κ1) is 13.0. The zero-order valence-corrected chi connectivity index (χ0v) is 11.0. The second-order valence-corrected chi connectivity index (χ2v) is 4.58. The van der Waals surface area contributed by atoms with Gasteiger partial charge in [0.2, 0.25) is 5.91 Å². The number of pyridine rings is 1. The van der Waals surface area contributed by atoms with Gasteiger partial charge in [0.05, 0.1) is 24.1 Å². The number of hydrogen-bond donors (Lipinski definition) is 2. The number of carbonyl (C=O) groups is 1. The Hall–Kier alpha value is -1.46. The molecular weight excluding hydrogens is 230 g/mol. The quantitative estimate of drug-likeness (QED) is 0.821. The van der Waals surface area contributed by atoms with Crippen molar-refractivity contribution in [2.45, 2.75) is 32.9 Å². The van der Waals surface area contributed by atoms with Crippen LogP contribution < -0.4 is 10.6 Å². The predicted molar refractivity (Wildman–Crippen MR) is 69.5 cm³/mol. The van der Waals surface area contributed by atoms with Crippen LogP contribution in [0.1, 0.15) is 18.3 Å². The summed E-state index contributed by atoms with van der Waals surface area (Å²) in [7, 11) is 0. The van der Waals surface area contributed by atoms with E-state index in [1.165, 1.54) is 0 Å². The normalized spacial score (nSPS) is 23.7. The van der Waals surface area contributed by atoms with Crippen LogP contribution in [-0.4, -0.2) is 36.2 Å². The standard InChI is InChI=1S/C13H19N3O2/c1-8-4-5-11(9(2)15-8)16-13(17)12-10(3)18-7-6-14-12/h4-5,10,12,14H,6-7H2,1-3H3,(H,16,17)/t10-,12+/m1/s1. The molecule has 2 atom stereocenters. The number of ether oxygens (including phenoxy) is 1. The van der Waals surface area contributed by atoms with Crippen LogP contribution in [0.4, 0.5) is 5.69 Å². The average molecular weight is 249 g/mol. The second-order valence-electron chi connectivity index (χ2n) is 4.58. The fourth-order valence-corrected chi connectivity index (χ4v) is 2.06. The molecule has 2 N–H and O–H groups in total. The smallest absolute Gasteiger partial charge is 0.244 e. The molecule has 2 heterocycles. The van der Waals surface area contributed by atoms with Crippen molar-refractivity contribution < 1.29 is 9.53 Å². The van der Waals surface area contributed by atoms with Gasteiger partial charge in [-0.3, -0.25) is 9.78 Å². The van der Waals surface area contributed by atoms with Gasteiger partial charge >= 0.3 is 0 Å². The van der Waals surface area contributed by atoms with Crippen molar-refractivity contribution in [1.29, 1.82) is 0 Å². The van der Waals surface area contributed by atoms with Crippen LogP contribution in [0.3, 0.4) is 0 Å². The summed E-state index contributed by atoms with van der Waals surface area (Å²) in [6.07, 6.45) is -0.113. The zero-order valence-electron chi connectivity index (χ0n) is 11.0. The Morgan fingerprint density at radius 1 is 1.50 bits per heavy atom. The van der Waals surface area contributed by atoms with Crippen molar-refractivity contribution in [3.63, 3.8) is 0 Å². The summed E-state index contributed by atoms with van der Waals surface area (Å²) in [4.78, 5) is 16.5. The van der Waals surface area contributed by atoms with Gasteiger partial charge in [-0.25, -0.2) is 0 Å². The minimum atomic E-state index is -0.306. The molecule has 0 unspecified atom stereocenters.